The van der Waals surface area contributed by atoms with Crippen LogP contribution in [-0.4, -0.2) is 38.1 Å². The van der Waals surface area contributed by atoms with Crippen LogP contribution in [-0.2, 0) is 0 Å². The minimum absolute atomic E-state index is 0.101. The standard InChI is InChI=1S/C17H17F2N3OS2/c1-21(2)6-4-7-22(16(23)13-5-3-8-24-13)17-20-15-12(19)9-11(18)10-14(15)25-17/h3,5,8-10H,4,6-7H2,1-2H3/p+1. The molecule has 1 amide bonds. The van der Waals surface area contributed by atoms with Gasteiger partial charge in [-0.2, -0.15) is 0 Å². The molecule has 0 bridgehead atoms. The summed E-state index contributed by atoms with van der Waals surface area (Å²) in [5, 5.41) is 2.23. The molecule has 2 heterocycles. The molecule has 132 valence electrons. The smallest absolute Gasteiger partial charge is 0.270 e. The third kappa shape index (κ3) is 4.02. The first kappa shape index (κ1) is 17.9. The second kappa shape index (κ2) is 7.55. The van der Waals surface area contributed by atoms with E-state index >= 15 is 0 Å². The number of carbonyl (C=O) groups is 1. The number of anilines is 1. The number of benzene rings is 1. The van der Waals surface area contributed by atoms with Crippen LogP contribution in [0.15, 0.2) is 29.6 Å². The highest BCUT2D eigenvalue weighted by Gasteiger charge is 2.23. The Morgan fingerprint density at radius 1 is 1.32 bits per heavy atom. The lowest BCUT2D eigenvalue weighted by Crippen LogP contribution is -3.05. The molecule has 0 unspecified atom stereocenters. The number of hydrogen-bond donors (Lipinski definition) is 1. The molecule has 0 fully saturated rings. The molecule has 0 saturated carbocycles. The van der Waals surface area contributed by atoms with E-state index in [0.717, 1.165) is 30.4 Å². The second-order valence-corrected chi connectivity index (χ2v) is 7.93. The molecule has 25 heavy (non-hydrogen) atoms. The molecule has 0 atom stereocenters. The van der Waals surface area contributed by atoms with E-state index in [1.807, 2.05) is 25.5 Å². The molecular weight excluding hydrogens is 364 g/mol. The summed E-state index contributed by atoms with van der Waals surface area (Å²) >= 11 is 2.48. The van der Waals surface area contributed by atoms with Crippen LogP contribution in [0.1, 0.15) is 16.1 Å². The zero-order chi connectivity index (χ0) is 18.0. The van der Waals surface area contributed by atoms with Gasteiger partial charge in [0.05, 0.1) is 30.2 Å². The maximum Gasteiger partial charge on any atom is 0.270 e. The van der Waals surface area contributed by atoms with Crippen molar-refractivity contribution in [1.82, 2.24) is 4.98 Å². The number of quaternary nitrogens is 1. The van der Waals surface area contributed by atoms with Crippen molar-refractivity contribution in [1.29, 1.82) is 0 Å². The van der Waals surface area contributed by atoms with Gasteiger partial charge >= 0.3 is 0 Å². The average Bonchev–Trinajstić information content (AvgIpc) is 3.20. The van der Waals surface area contributed by atoms with Gasteiger partial charge in [-0.05, 0) is 17.5 Å². The second-order valence-electron chi connectivity index (χ2n) is 5.98. The van der Waals surface area contributed by atoms with E-state index in [9.17, 15) is 13.6 Å². The zero-order valence-corrected chi connectivity index (χ0v) is 15.5. The van der Waals surface area contributed by atoms with E-state index in [1.165, 1.54) is 22.3 Å². The largest absolute Gasteiger partial charge is 0.340 e. The highest BCUT2D eigenvalue weighted by molar-refractivity contribution is 7.22. The van der Waals surface area contributed by atoms with Gasteiger partial charge in [0.15, 0.2) is 10.9 Å². The fourth-order valence-corrected chi connectivity index (χ4v) is 4.17. The van der Waals surface area contributed by atoms with Gasteiger partial charge in [-0.3, -0.25) is 9.69 Å². The molecule has 1 aromatic carbocycles. The Balaban J connectivity index is 1.95. The predicted molar refractivity (Wildman–Crippen MR) is 97.8 cm³/mol. The van der Waals surface area contributed by atoms with Crippen LogP contribution < -0.4 is 9.80 Å². The molecule has 8 heteroatoms. The fourth-order valence-electron chi connectivity index (χ4n) is 2.47. The third-order valence-corrected chi connectivity index (χ3v) is 5.55. The van der Waals surface area contributed by atoms with E-state index < -0.39 is 11.6 Å². The van der Waals surface area contributed by atoms with Crippen LogP contribution in [0.25, 0.3) is 10.2 Å². The van der Waals surface area contributed by atoms with Gasteiger partial charge in [0.2, 0.25) is 0 Å². The van der Waals surface area contributed by atoms with E-state index in [4.69, 9.17) is 0 Å². The minimum atomic E-state index is -0.709. The fraction of sp³-hybridized carbons (Fsp3) is 0.294. The average molecular weight is 382 g/mol. The van der Waals surface area contributed by atoms with Crippen molar-refractivity contribution in [3.05, 3.63) is 46.2 Å². The molecule has 3 aromatic rings. The van der Waals surface area contributed by atoms with Crippen LogP contribution in [0, 0.1) is 11.6 Å². The summed E-state index contributed by atoms with van der Waals surface area (Å²) in [6, 6.07) is 5.63. The van der Waals surface area contributed by atoms with Gasteiger partial charge in [-0.1, -0.05) is 17.4 Å². The minimum Gasteiger partial charge on any atom is -0.340 e. The molecule has 1 N–H and O–H groups in total. The molecule has 0 aliphatic carbocycles. The zero-order valence-electron chi connectivity index (χ0n) is 13.9. The van der Waals surface area contributed by atoms with Crippen molar-refractivity contribution < 1.29 is 18.5 Å². The van der Waals surface area contributed by atoms with Gasteiger partial charge in [0.25, 0.3) is 5.91 Å². The Morgan fingerprint density at radius 3 is 2.80 bits per heavy atom. The molecular formula is C17H18F2N3OS2+. The molecule has 0 saturated heterocycles. The Bertz CT molecular complexity index is 878. The van der Waals surface area contributed by atoms with Crippen molar-refractivity contribution >= 4 is 43.9 Å². The lowest BCUT2D eigenvalue weighted by atomic mass is 10.3. The first-order valence-corrected chi connectivity index (χ1v) is 9.55. The molecule has 2 aromatic heterocycles. The van der Waals surface area contributed by atoms with Gasteiger partial charge in [-0.15, -0.1) is 11.3 Å². The topological polar surface area (TPSA) is 37.6 Å². The predicted octanol–water partition coefficient (Wildman–Crippen LogP) is 2.82. The number of hydrogen-bond acceptors (Lipinski definition) is 4. The number of nitrogens with zero attached hydrogens (tertiary/aromatic N) is 2. The summed E-state index contributed by atoms with van der Waals surface area (Å²) in [5.74, 6) is -1.52. The number of carbonyl (C=O) groups excluding carboxylic acids is 1. The maximum absolute atomic E-state index is 14.0. The third-order valence-electron chi connectivity index (χ3n) is 3.67. The van der Waals surface area contributed by atoms with Crippen LogP contribution in [0.3, 0.4) is 0 Å². The van der Waals surface area contributed by atoms with Gasteiger partial charge in [-0.25, -0.2) is 13.8 Å². The SMILES string of the molecule is C[NH+](C)CCCN(C(=O)c1cccs1)c1nc2c(F)cc(F)cc2s1. The Morgan fingerprint density at radius 2 is 2.12 bits per heavy atom. The number of aromatic nitrogens is 1. The van der Waals surface area contributed by atoms with E-state index in [1.54, 1.807) is 11.0 Å². The van der Waals surface area contributed by atoms with Gasteiger partial charge < -0.3 is 4.90 Å². The summed E-state index contributed by atoms with van der Waals surface area (Å²) in [4.78, 5) is 20.5. The van der Waals surface area contributed by atoms with Crippen molar-refractivity contribution in [3.8, 4) is 0 Å². The Kier molecular flexibility index (Phi) is 5.41. The normalized spacial score (nSPS) is 11.4. The lowest BCUT2D eigenvalue weighted by molar-refractivity contribution is -0.858. The Hall–Kier alpha value is -1.90. The summed E-state index contributed by atoms with van der Waals surface area (Å²) in [6.45, 7) is 1.37. The van der Waals surface area contributed by atoms with Crippen LogP contribution in [0.4, 0.5) is 13.9 Å². The number of amides is 1. The van der Waals surface area contributed by atoms with Gasteiger partial charge in [0.1, 0.15) is 11.3 Å². The monoisotopic (exact) mass is 382 g/mol. The first-order valence-electron chi connectivity index (χ1n) is 7.85. The highest BCUT2D eigenvalue weighted by Crippen LogP contribution is 2.32. The van der Waals surface area contributed by atoms with E-state index in [0.29, 0.717) is 21.3 Å². The Labute approximate surface area is 152 Å². The highest BCUT2D eigenvalue weighted by atomic mass is 32.1. The summed E-state index contributed by atoms with van der Waals surface area (Å²) in [7, 11) is 4.09. The molecule has 0 aliphatic heterocycles. The van der Waals surface area contributed by atoms with Crippen molar-refractivity contribution in [2.24, 2.45) is 0 Å². The maximum atomic E-state index is 14.0. The molecule has 4 nitrogen and oxygen atoms in total. The molecule has 0 aliphatic rings. The number of thiazole rings is 1. The molecule has 0 radical (unpaired) electrons. The van der Waals surface area contributed by atoms with Crippen molar-refractivity contribution in [2.45, 2.75) is 6.42 Å². The quantitative estimate of drug-likeness (QED) is 0.712. The number of fused-ring (bicyclic) bond motifs is 1. The van der Waals surface area contributed by atoms with Crippen molar-refractivity contribution in [3.63, 3.8) is 0 Å². The molecule has 3 rings (SSSR count). The summed E-state index contributed by atoms with van der Waals surface area (Å²) in [5.41, 5.74) is 0.101. The summed E-state index contributed by atoms with van der Waals surface area (Å²) < 4.78 is 27.8. The van der Waals surface area contributed by atoms with E-state index in [2.05, 4.69) is 4.98 Å². The van der Waals surface area contributed by atoms with E-state index in [-0.39, 0.29) is 11.4 Å². The van der Waals surface area contributed by atoms with Crippen molar-refractivity contribution in [2.75, 3.05) is 32.1 Å². The number of rotatable bonds is 6. The van der Waals surface area contributed by atoms with Crippen LogP contribution >= 0.6 is 22.7 Å². The lowest BCUT2D eigenvalue weighted by Gasteiger charge is -2.19. The molecule has 0 spiro atoms. The number of halogens is 2. The van der Waals surface area contributed by atoms with Crippen LogP contribution in [0.5, 0.6) is 0 Å². The number of nitrogens with one attached hydrogen (secondary N) is 1. The summed E-state index contributed by atoms with van der Waals surface area (Å²) in [6.07, 6.45) is 0.784. The number of thiophene rings is 1. The van der Waals surface area contributed by atoms with Gasteiger partial charge in [0, 0.05) is 19.0 Å². The van der Waals surface area contributed by atoms with Crippen LogP contribution in [0.2, 0.25) is 0 Å². The first-order chi connectivity index (χ1) is 12.0.